The third-order valence-corrected chi connectivity index (χ3v) is 26.6. The Morgan fingerprint density at radius 3 is 1.25 bits per heavy atom. The summed E-state index contributed by atoms with van der Waals surface area (Å²) in [5.41, 5.74) is 1.68. The molecule has 46 nitrogen and oxygen atoms in total. The van der Waals surface area contributed by atoms with E-state index in [0.29, 0.717) is 78.0 Å². The van der Waals surface area contributed by atoms with Crippen molar-refractivity contribution in [1.29, 1.82) is 0 Å². The fourth-order valence-corrected chi connectivity index (χ4v) is 19.6. The van der Waals surface area contributed by atoms with Gasteiger partial charge in [0.15, 0.2) is 11.9 Å². The van der Waals surface area contributed by atoms with Gasteiger partial charge in [-0.15, -0.1) is 0 Å². The third kappa shape index (κ3) is 30.2. The average Bonchev–Trinajstić information content (AvgIpc) is 0.884. The molecule has 5 heterocycles. The quantitative estimate of drug-likeness (QED) is 0.0140. The number of carboxylic acid groups (broad SMARTS) is 2. The highest BCUT2D eigenvalue weighted by molar-refractivity contribution is 7.90. The lowest BCUT2D eigenvalue weighted by molar-refractivity contribution is -0.139. The van der Waals surface area contributed by atoms with Crippen molar-refractivity contribution in [3.05, 3.63) is 174 Å². The van der Waals surface area contributed by atoms with E-state index < -0.39 is 203 Å². The first-order valence-electron chi connectivity index (χ1n) is 41.7. The van der Waals surface area contributed by atoms with E-state index in [0.717, 1.165) is 23.5 Å². The number of fused-ring (bicyclic) bond motifs is 2. The van der Waals surface area contributed by atoms with Gasteiger partial charge < -0.3 is 92.3 Å². The molecule has 8 aromatic rings. The summed E-state index contributed by atoms with van der Waals surface area (Å²) >= 11 is 0. The van der Waals surface area contributed by atoms with Crippen LogP contribution in [0.15, 0.2) is 117 Å². The molecule has 50 heteroatoms. The third-order valence-electron chi connectivity index (χ3n) is 21.5. The molecule has 2 unspecified atom stereocenters. The number of aromatic nitrogens is 6. The van der Waals surface area contributed by atoms with Crippen molar-refractivity contribution >= 4 is 127 Å². The molecule has 7 amide bonds. The molecule has 0 aliphatic carbocycles. The molecule has 4 aromatic heterocycles. The van der Waals surface area contributed by atoms with Gasteiger partial charge in [-0.05, 0) is 125 Å². The van der Waals surface area contributed by atoms with E-state index in [1.807, 2.05) is 4.90 Å². The number of hydrogen-bond acceptors (Lipinski definition) is 29. The molecule has 19 N–H and O–H groups in total. The van der Waals surface area contributed by atoms with Crippen LogP contribution < -0.4 is 68.2 Å². The van der Waals surface area contributed by atoms with Crippen LogP contribution in [0.4, 0.5) is 11.9 Å². The van der Waals surface area contributed by atoms with E-state index in [1.165, 1.54) is 61.4 Å². The molecule has 1 saturated heterocycles. The highest BCUT2D eigenvalue weighted by Gasteiger charge is 2.36. The summed E-state index contributed by atoms with van der Waals surface area (Å²) in [4.78, 5) is 174. The zero-order valence-corrected chi connectivity index (χ0v) is 76.7. The molecule has 718 valence electrons. The molecule has 0 radical (unpaired) electrons. The van der Waals surface area contributed by atoms with Gasteiger partial charge in [0.2, 0.25) is 60.4 Å². The Labute approximate surface area is 759 Å². The molecule has 0 spiro atoms. The number of carbonyl (C=O) groups excluding carboxylic acids is 7. The Morgan fingerprint density at radius 2 is 0.864 bits per heavy atom. The maximum Gasteiger partial charge on any atom is 0.323 e. The first-order chi connectivity index (χ1) is 62.3. The summed E-state index contributed by atoms with van der Waals surface area (Å²) < 4.78 is 133. The maximum absolute atomic E-state index is 14.8. The highest BCUT2D eigenvalue weighted by Crippen LogP contribution is 2.26. The normalized spacial score (nSPS) is 14.9. The Bertz CT molecular complexity index is 6100. The number of H-pyrrole nitrogens is 2. The number of nitrogens with zero attached hydrogens (tertiary/aromatic N) is 8. The number of carboxylic acids is 2. The first-order valence-corrected chi connectivity index (χ1v) is 47.9. The standard InChI is InChI=1S/C82H111N21O25S4/c1-49-32-51(3)72(52(4)33-49)131(125,126)96-62(79(115)116)40-89-74(110)59-42-102(66-36-55(10-12-57(66)70(59)108)38-91-81-85-18-19-86-81)22-8-16-83-76(112)64(45-129(119,120)121)94-68(106)15-14-61(93-69(107)44-99-26-24-98(7)25-27-100(47-104)30-31-101(48-105)29-28-99)78(114)95-65(46-130(122,123)124)77(113)84-17-9-23-103-43-60(71(109)58-13-11-56(37-67(58)103)39-92-82-87-20-21-88-82)75(111)90-41-63(80(117)118)97-132(127,128)73-53(5)34-50(2)35-54(73)6/h10-13,18-21,32-37,42-43,61-65,96-97,104-105H,8-9,14-17,22-31,38-41,44-48H2,1-7H3,(H,83,112)(H,84,113)(H,89,110)(H,90,111)(H,93,107)(H,94,106)(H,95,114)(H,115,116)(H,117,118)(H2,85,86,91)(H2,87,88,92)(H,119,120,121)(H,122,123,124)/t61-,62?,63?,64-,65-/m0/s1. The predicted molar refractivity (Wildman–Crippen MR) is 482 cm³/mol. The minimum atomic E-state index is -5.22. The van der Waals surface area contributed by atoms with Gasteiger partial charge >= 0.3 is 11.9 Å². The van der Waals surface area contributed by atoms with E-state index >= 15 is 0 Å². The molecular weight excluding hydrogens is 1810 g/mol. The Morgan fingerprint density at radius 1 is 0.477 bits per heavy atom. The van der Waals surface area contributed by atoms with Crippen molar-refractivity contribution in [2.24, 2.45) is 0 Å². The van der Waals surface area contributed by atoms with Crippen LogP contribution in [-0.4, -0.2) is 312 Å². The first kappa shape index (κ1) is 104. The summed E-state index contributed by atoms with van der Waals surface area (Å²) in [7, 11) is -17.6. The van der Waals surface area contributed by atoms with Gasteiger partial charge in [-0.3, -0.25) is 76.5 Å². The summed E-state index contributed by atoms with van der Waals surface area (Å²) in [6.07, 6.45) is 6.56. The van der Waals surface area contributed by atoms with Crippen LogP contribution in [0.25, 0.3) is 21.8 Å². The number of aromatic amines is 2. The summed E-state index contributed by atoms with van der Waals surface area (Å²) in [5.74, 6) is -13.6. The van der Waals surface area contributed by atoms with Crippen molar-refractivity contribution in [3.63, 3.8) is 0 Å². The lowest BCUT2D eigenvalue weighted by atomic mass is 10.1. The molecule has 9 rings (SSSR count). The van der Waals surface area contributed by atoms with Gasteiger partial charge in [0.25, 0.3) is 32.1 Å². The number of anilines is 2. The van der Waals surface area contributed by atoms with E-state index in [2.05, 4.69) is 77.2 Å². The fraction of sp³-hybridized carbons (Fsp3) is 0.451. The van der Waals surface area contributed by atoms with Crippen LogP contribution in [0.2, 0.25) is 0 Å². The van der Waals surface area contributed by atoms with Crippen LogP contribution in [-0.2, 0) is 100 Å². The van der Waals surface area contributed by atoms with Crippen molar-refractivity contribution in [1.82, 2.24) is 95.3 Å². The van der Waals surface area contributed by atoms with Gasteiger partial charge in [0.05, 0.1) is 40.8 Å². The smallest absolute Gasteiger partial charge is 0.323 e. The second-order valence-corrected chi connectivity index (χ2v) is 38.3. The number of imidazole rings is 2. The number of nitrogens with one attached hydrogen (secondary N) is 13. The minimum absolute atomic E-state index is 0.0245. The Balaban J connectivity index is 0.922. The number of amides is 7. The number of aliphatic hydroxyl groups is 2. The molecule has 1 aliphatic heterocycles. The van der Waals surface area contributed by atoms with E-state index in [9.17, 15) is 116 Å². The number of aliphatic hydroxyl groups excluding tert-OH is 2. The second kappa shape index (κ2) is 46.8. The molecule has 0 saturated carbocycles. The Kier molecular flexibility index (Phi) is 36.8. The van der Waals surface area contributed by atoms with Crippen LogP contribution in [0.3, 0.4) is 0 Å². The van der Waals surface area contributed by atoms with Gasteiger partial charge in [0.1, 0.15) is 52.8 Å². The molecule has 132 heavy (non-hydrogen) atoms. The van der Waals surface area contributed by atoms with E-state index in [4.69, 9.17) is 0 Å². The molecule has 0 bridgehead atoms. The van der Waals surface area contributed by atoms with Gasteiger partial charge in [-0.1, -0.05) is 47.5 Å². The van der Waals surface area contributed by atoms with Crippen molar-refractivity contribution in [3.8, 4) is 0 Å². The lowest BCUT2D eigenvalue weighted by Gasteiger charge is -2.32. The number of pyridine rings is 2. The largest absolute Gasteiger partial charge is 0.480 e. The molecule has 4 aromatic carbocycles. The van der Waals surface area contributed by atoms with Gasteiger partial charge in [-0.2, -0.15) is 26.3 Å². The number of likely N-dealkylation sites (N-methyl/N-ethyl adjacent to an activating group) is 1. The number of aliphatic carboxylic acids is 2. The number of carbonyl (C=O) groups is 9. The van der Waals surface area contributed by atoms with Crippen molar-refractivity contribution in [2.45, 2.75) is 133 Å². The highest BCUT2D eigenvalue weighted by atomic mass is 32.2. The molecule has 1 aliphatic rings. The fourth-order valence-electron chi connectivity index (χ4n) is 15.1. The SMILES string of the molecule is Cc1cc(C)c(S(=O)(=O)NC(CNC(=O)c2cn(CCCNC(=O)[C@H](CS(=O)(=O)O)NC(=O)CC[C@H](NC(=O)CN3CCN(C)CCN(CO)CCN(CO)CC3)C(=O)N[C@@H](CS(=O)(=O)O)C(=O)NCCCn3cc(C(=O)NCC(NS(=O)(=O)c4c(C)cc(C)cc4C)C(=O)O)c(=O)c4ccc(CNc5ncc[nH]5)cc43)c3cc(CNc4ncc[nH]4)ccc3c2=O)C(=O)O)c(C)c1. The van der Waals surface area contributed by atoms with Crippen LogP contribution in [0.1, 0.15) is 90.9 Å². The number of rotatable bonds is 45. The number of benzene rings is 4. The number of hydrogen-bond donors (Lipinski definition) is 19. The summed E-state index contributed by atoms with van der Waals surface area (Å²) in [5, 5.41) is 63.3. The number of sulfonamides is 2. The molecular formula is C82H111N21O25S4. The lowest BCUT2D eigenvalue weighted by Crippen LogP contribution is -2.57. The molecule has 5 atom stereocenters. The summed E-state index contributed by atoms with van der Waals surface area (Å²) in [6, 6.07) is 5.47. The summed E-state index contributed by atoms with van der Waals surface area (Å²) in [6.45, 7) is 8.43. The zero-order chi connectivity index (χ0) is 96.7. The zero-order valence-electron chi connectivity index (χ0n) is 73.5. The van der Waals surface area contributed by atoms with Crippen molar-refractivity contribution < 1.29 is 106 Å². The topological polar surface area (TPSA) is 658 Å². The second-order valence-electron chi connectivity index (χ2n) is 32.0. The Hall–Kier alpha value is -12.1. The monoisotopic (exact) mass is 1920 g/mol. The van der Waals surface area contributed by atoms with Crippen LogP contribution in [0, 0.1) is 41.5 Å². The van der Waals surface area contributed by atoms with E-state index in [-0.39, 0.29) is 104 Å². The van der Waals surface area contributed by atoms with Crippen LogP contribution in [0.5, 0.6) is 0 Å². The van der Waals surface area contributed by atoms with Crippen LogP contribution >= 0.6 is 0 Å². The van der Waals surface area contributed by atoms with E-state index in [1.54, 1.807) is 96.5 Å². The maximum atomic E-state index is 14.8. The van der Waals surface area contributed by atoms with Gasteiger partial charge in [0, 0.05) is 159 Å². The minimum Gasteiger partial charge on any atom is -0.480 e. The average molecular weight is 1920 g/mol. The molecule has 1 fully saturated rings. The predicted octanol–water partition coefficient (Wildman–Crippen LogP) is -2.37. The number of aryl methyl sites for hydroxylation is 8. The van der Waals surface area contributed by atoms with Crippen molar-refractivity contribution in [2.75, 3.05) is 128 Å². The van der Waals surface area contributed by atoms with Gasteiger partial charge in [-0.25, -0.2) is 26.8 Å².